The van der Waals surface area contributed by atoms with Gasteiger partial charge in [0.25, 0.3) is 0 Å². The third-order valence-electron chi connectivity index (χ3n) is 9.38. The number of allylic oxidation sites excluding steroid dienone is 10. The Bertz CT molecular complexity index is 2030. The first kappa shape index (κ1) is 26.2. The van der Waals surface area contributed by atoms with Gasteiger partial charge in [0.15, 0.2) is 0 Å². The van der Waals surface area contributed by atoms with Crippen LogP contribution >= 0.6 is 0 Å². The van der Waals surface area contributed by atoms with E-state index in [1.54, 1.807) is 6.08 Å². The summed E-state index contributed by atoms with van der Waals surface area (Å²) < 4.78 is 0. The Labute approximate surface area is 259 Å². The van der Waals surface area contributed by atoms with E-state index in [2.05, 4.69) is 152 Å². The van der Waals surface area contributed by atoms with E-state index in [1.165, 1.54) is 44.5 Å². The van der Waals surface area contributed by atoms with Crippen molar-refractivity contribution in [1.82, 2.24) is 0 Å². The molecule has 4 aliphatic rings. The van der Waals surface area contributed by atoms with E-state index < -0.39 is 0 Å². The zero-order chi connectivity index (χ0) is 29.8. The van der Waals surface area contributed by atoms with E-state index >= 15 is 0 Å². The number of para-hydroxylation sites is 1. The van der Waals surface area contributed by atoms with Crippen LogP contribution in [-0.4, -0.2) is 5.71 Å². The van der Waals surface area contributed by atoms with E-state index in [1.807, 2.05) is 6.08 Å². The Morgan fingerprint density at radius 2 is 1.48 bits per heavy atom. The molecule has 1 aliphatic heterocycles. The Morgan fingerprint density at radius 3 is 2.16 bits per heavy atom. The number of fused-ring (bicyclic) bond motifs is 9. The highest BCUT2D eigenvalue weighted by atomic mass is 15.1. The average Bonchev–Trinajstić information content (AvgIpc) is 3.72. The Balaban J connectivity index is 1.37. The molecule has 0 bridgehead atoms. The van der Waals surface area contributed by atoms with Crippen LogP contribution < -0.4 is 4.90 Å². The van der Waals surface area contributed by atoms with Gasteiger partial charge in [0.05, 0.1) is 16.8 Å². The predicted molar refractivity (Wildman–Crippen MR) is 185 cm³/mol. The first-order valence-corrected chi connectivity index (χ1v) is 15.2. The lowest BCUT2D eigenvalue weighted by molar-refractivity contribution is 0.749. The molecule has 2 nitrogen and oxygen atoms in total. The van der Waals surface area contributed by atoms with Crippen molar-refractivity contribution >= 4 is 22.7 Å². The summed E-state index contributed by atoms with van der Waals surface area (Å²) in [6.45, 7) is 10.0. The molecule has 0 N–H and O–H groups in total. The second-order valence-corrected chi connectivity index (χ2v) is 11.5. The Morgan fingerprint density at radius 1 is 0.773 bits per heavy atom. The number of nitrogens with zero attached hydrogens (tertiary/aromatic N) is 2. The van der Waals surface area contributed by atoms with Gasteiger partial charge in [0, 0.05) is 22.6 Å². The molecule has 1 spiro atoms. The molecule has 0 aromatic heterocycles. The summed E-state index contributed by atoms with van der Waals surface area (Å²) in [5.41, 5.74) is 16.7. The van der Waals surface area contributed by atoms with Gasteiger partial charge in [-0.25, -0.2) is 4.99 Å². The minimum atomic E-state index is -0.320. The molecule has 0 fully saturated rings. The van der Waals surface area contributed by atoms with Gasteiger partial charge in [-0.15, -0.1) is 0 Å². The lowest BCUT2D eigenvalue weighted by atomic mass is 9.69. The molecule has 210 valence electrons. The van der Waals surface area contributed by atoms with Crippen molar-refractivity contribution in [2.24, 2.45) is 4.99 Å². The molecule has 0 saturated heterocycles. The zero-order valence-corrected chi connectivity index (χ0v) is 24.8. The molecule has 0 atom stereocenters. The van der Waals surface area contributed by atoms with Crippen molar-refractivity contribution < 1.29 is 0 Å². The fourth-order valence-corrected chi connectivity index (χ4v) is 7.67. The maximum Gasteiger partial charge on any atom is 0.0751 e. The zero-order valence-electron chi connectivity index (χ0n) is 24.8. The van der Waals surface area contributed by atoms with Crippen LogP contribution in [0.3, 0.4) is 0 Å². The molecule has 0 amide bonds. The third-order valence-corrected chi connectivity index (χ3v) is 9.38. The van der Waals surface area contributed by atoms with Crippen molar-refractivity contribution in [2.75, 3.05) is 4.90 Å². The van der Waals surface area contributed by atoms with Crippen molar-refractivity contribution in [3.8, 4) is 11.1 Å². The topological polar surface area (TPSA) is 15.6 Å². The Kier molecular flexibility index (Phi) is 5.99. The van der Waals surface area contributed by atoms with E-state index in [0.29, 0.717) is 0 Å². The van der Waals surface area contributed by atoms with Crippen LogP contribution in [0, 0.1) is 0 Å². The average molecular weight is 565 g/mol. The molecule has 4 aromatic rings. The van der Waals surface area contributed by atoms with Crippen LogP contribution in [0.2, 0.25) is 0 Å². The number of anilines is 2. The minimum absolute atomic E-state index is 0.320. The van der Waals surface area contributed by atoms with Gasteiger partial charge in [0.2, 0.25) is 0 Å². The fourth-order valence-electron chi connectivity index (χ4n) is 7.67. The summed E-state index contributed by atoms with van der Waals surface area (Å²) in [5.74, 6) is 0. The van der Waals surface area contributed by atoms with Crippen LogP contribution in [0.25, 0.3) is 16.7 Å². The maximum absolute atomic E-state index is 4.74. The van der Waals surface area contributed by atoms with Crippen LogP contribution in [0.5, 0.6) is 0 Å². The van der Waals surface area contributed by atoms with Crippen molar-refractivity contribution in [3.63, 3.8) is 0 Å². The summed E-state index contributed by atoms with van der Waals surface area (Å²) in [6, 6.07) is 35.6. The highest BCUT2D eigenvalue weighted by Crippen LogP contribution is 2.64. The largest absolute Gasteiger partial charge is 0.310 e. The molecule has 0 unspecified atom stereocenters. The van der Waals surface area contributed by atoms with Gasteiger partial charge < -0.3 is 4.90 Å². The molecular formula is C42H32N2. The molecule has 0 radical (unpaired) electrons. The molecule has 3 aliphatic carbocycles. The van der Waals surface area contributed by atoms with Crippen LogP contribution in [-0.2, 0) is 5.41 Å². The summed E-state index contributed by atoms with van der Waals surface area (Å²) >= 11 is 0. The van der Waals surface area contributed by atoms with E-state index in [-0.39, 0.29) is 5.41 Å². The van der Waals surface area contributed by atoms with Gasteiger partial charge >= 0.3 is 0 Å². The van der Waals surface area contributed by atoms with E-state index in [9.17, 15) is 0 Å². The lowest BCUT2D eigenvalue weighted by Crippen LogP contribution is -2.27. The highest BCUT2D eigenvalue weighted by molar-refractivity contribution is 6.16. The molecule has 4 aromatic carbocycles. The van der Waals surface area contributed by atoms with Gasteiger partial charge in [-0.05, 0) is 100 Å². The fraction of sp³-hybridized carbons (Fsp3) is 0.0714. The highest BCUT2D eigenvalue weighted by Gasteiger charge is 2.53. The van der Waals surface area contributed by atoms with Gasteiger partial charge in [-0.1, -0.05) is 110 Å². The molecule has 44 heavy (non-hydrogen) atoms. The van der Waals surface area contributed by atoms with Gasteiger partial charge in [-0.3, -0.25) is 0 Å². The van der Waals surface area contributed by atoms with Gasteiger partial charge in [0.1, 0.15) is 0 Å². The lowest BCUT2D eigenvalue weighted by Gasteiger charge is -2.34. The van der Waals surface area contributed by atoms with Crippen molar-refractivity contribution in [1.29, 1.82) is 0 Å². The smallest absolute Gasteiger partial charge is 0.0751 e. The van der Waals surface area contributed by atoms with Crippen molar-refractivity contribution in [2.45, 2.75) is 18.8 Å². The Hall–Kier alpha value is -5.47. The van der Waals surface area contributed by atoms with Gasteiger partial charge in [-0.2, -0.15) is 0 Å². The molecule has 0 saturated carbocycles. The molecular weight excluding hydrogens is 532 g/mol. The first-order chi connectivity index (χ1) is 21.7. The monoisotopic (exact) mass is 564 g/mol. The standard InChI is InChI=1S/C42H32N2/c1-4-15-29(27-41-31(5-2)40(6-3)43-41)44(28-16-8-7-9-17-28)30-24-25-35-34-20-14-23-38(34)42(39(35)26-30)36-21-12-10-18-32(36)33-19-11-13-22-37(33)42/h4-22,24-27H,2-3,23H2,1H3/b15-4-,29-27+. The molecule has 8 rings (SSSR count). The summed E-state index contributed by atoms with van der Waals surface area (Å²) in [4.78, 5) is 7.09. The van der Waals surface area contributed by atoms with E-state index in [0.717, 1.165) is 40.5 Å². The molecule has 2 heteroatoms. The van der Waals surface area contributed by atoms with Crippen LogP contribution in [0.4, 0.5) is 11.4 Å². The number of hydrogen-bond acceptors (Lipinski definition) is 2. The summed E-state index contributed by atoms with van der Waals surface area (Å²) in [6.07, 6.45) is 15.7. The summed E-state index contributed by atoms with van der Waals surface area (Å²) in [5, 5.41) is 0. The number of benzene rings is 4. The summed E-state index contributed by atoms with van der Waals surface area (Å²) in [7, 11) is 0. The minimum Gasteiger partial charge on any atom is -0.310 e. The number of hydrogen-bond donors (Lipinski definition) is 0. The second-order valence-electron chi connectivity index (χ2n) is 11.5. The van der Waals surface area contributed by atoms with Crippen molar-refractivity contribution in [3.05, 3.63) is 198 Å². The number of rotatable bonds is 7. The van der Waals surface area contributed by atoms with Crippen LogP contribution in [0.15, 0.2) is 180 Å². The van der Waals surface area contributed by atoms with E-state index in [4.69, 9.17) is 4.99 Å². The first-order valence-electron chi connectivity index (χ1n) is 15.2. The maximum atomic E-state index is 4.74. The predicted octanol–water partition coefficient (Wildman–Crippen LogP) is 10.4. The van der Waals surface area contributed by atoms with Crippen LogP contribution in [0.1, 0.15) is 35.6 Å². The third kappa shape index (κ3) is 3.52. The SMILES string of the molecule is C=CC1=C(C=C)C(/C=C(\C=C/C)N(c2ccccc2)c2ccc3c(c2)C2(C4=C3C=CC4)c3ccccc3-c3ccccc32)=N1. The molecule has 1 heterocycles. The normalized spacial score (nSPS) is 16.9. The number of aliphatic imine (C=N–C) groups is 1. The second kappa shape index (κ2) is 10.1. The quantitative estimate of drug-likeness (QED) is 0.204.